The average molecular weight is 476 g/mol. The van der Waals surface area contributed by atoms with Gasteiger partial charge in [0.25, 0.3) is 0 Å². The zero-order valence-electron chi connectivity index (χ0n) is 18.5. The van der Waals surface area contributed by atoms with Crippen LogP contribution in [0.2, 0.25) is 5.15 Å². The number of carbonyl (C=O) groups excluding carboxylic acids is 1. The van der Waals surface area contributed by atoms with Gasteiger partial charge in [0.15, 0.2) is 10.8 Å². The Hall–Kier alpha value is -3.07. The molecule has 1 aliphatic carbocycles. The molecule has 2 heterocycles. The molecule has 0 saturated heterocycles. The summed E-state index contributed by atoms with van der Waals surface area (Å²) in [6.45, 7) is 5.45. The first-order valence-corrected chi connectivity index (χ1v) is 11.0. The number of hydrogen-bond acceptors (Lipinski definition) is 5. The second-order valence-corrected chi connectivity index (χ2v) is 9.31. The summed E-state index contributed by atoms with van der Waals surface area (Å²) in [5, 5.41) is 7.36. The van der Waals surface area contributed by atoms with Crippen molar-refractivity contribution in [3.63, 3.8) is 0 Å². The summed E-state index contributed by atoms with van der Waals surface area (Å²) in [5.74, 6) is -1.46. The van der Waals surface area contributed by atoms with Gasteiger partial charge in [-0.05, 0) is 64.7 Å². The smallest absolute Gasteiger partial charge is 0.407 e. The Balaban J connectivity index is 1.59. The predicted molar refractivity (Wildman–Crippen MR) is 122 cm³/mol. The molecule has 0 spiro atoms. The Morgan fingerprint density at radius 1 is 1.24 bits per heavy atom. The number of carbonyl (C=O) groups is 1. The molecular weight excluding hydrogens is 452 g/mol. The first-order valence-electron chi connectivity index (χ1n) is 10.7. The number of ether oxygens (including phenoxy) is 1. The van der Waals surface area contributed by atoms with Gasteiger partial charge >= 0.3 is 6.09 Å². The third kappa shape index (κ3) is 5.30. The van der Waals surface area contributed by atoms with Crippen LogP contribution in [0.15, 0.2) is 35.5 Å². The van der Waals surface area contributed by atoms with Crippen molar-refractivity contribution in [1.82, 2.24) is 19.9 Å². The van der Waals surface area contributed by atoms with Crippen LogP contribution in [0.25, 0.3) is 16.9 Å². The van der Waals surface area contributed by atoms with Gasteiger partial charge < -0.3 is 10.1 Å². The Morgan fingerprint density at radius 2 is 1.91 bits per heavy atom. The molecule has 1 amide bonds. The molecule has 0 radical (unpaired) electrons. The lowest BCUT2D eigenvalue weighted by Crippen LogP contribution is -2.41. The Kier molecular flexibility index (Phi) is 6.34. The lowest BCUT2D eigenvalue weighted by molar-refractivity contribution is 0.0498. The van der Waals surface area contributed by atoms with E-state index in [1.807, 2.05) is 20.8 Å². The molecule has 1 saturated carbocycles. The lowest BCUT2D eigenvalue weighted by atomic mass is 9.93. The van der Waals surface area contributed by atoms with Crippen LogP contribution in [-0.2, 0) is 4.74 Å². The fraction of sp³-hybridized carbons (Fsp3) is 0.391. The van der Waals surface area contributed by atoms with E-state index in [9.17, 15) is 13.6 Å². The van der Waals surface area contributed by atoms with Crippen molar-refractivity contribution < 1.29 is 18.3 Å². The maximum Gasteiger partial charge on any atom is 0.407 e. The van der Waals surface area contributed by atoms with Crippen LogP contribution >= 0.6 is 11.6 Å². The zero-order valence-corrected chi connectivity index (χ0v) is 19.3. The average Bonchev–Trinajstić information content (AvgIpc) is 3.09. The van der Waals surface area contributed by atoms with Gasteiger partial charge in [-0.15, -0.1) is 0 Å². The molecule has 0 unspecified atom stereocenters. The summed E-state index contributed by atoms with van der Waals surface area (Å²) < 4.78 is 35.4. The molecule has 2 aromatic heterocycles. The van der Waals surface area contributed by atoms with Crippen molar-refractivity contribution >= 4 is 34.7 Å². The van der Waals surface area contributed by atoms with E-state index >= 15 is 0 Å². The Morgan fingerprint density at radius 3 is 2.55 bits per heavy atom. The van der Waals surface area contributed by atoms with Gasteiger partial charge in [-0.3, -0.25) is 4.99 Å². The van der Waals surface area contributed by atoms with Crippen LogP contribution < -0.4 is 5.32 Å². The summed E-state index contributed by atoms with van der Waals surface area (Å²) in [6.07, 6.45) is 3.66. The standard InChI is InChI=1S/C23H24ClF2N5O2/c1-23(2,3)33-22(32)29-14-9-7-13(8-10-14)28-18-11-17(20-15(25)5-4-6-16(20)26)30-31-19(24)12-27-21(18)31/h4-6,11-12,14H,7-10H2,1-3H3,(H,29,32). The van der Waals surface area contributed by atoms with E-state index in [0.717, 1.165) is 5.71 Å². The molecule has 4 rings (SSSR count). The van der Waals surface area contributed by atoms with Gasteiger partial charge in [-0.1, -0.05) is 17.7 Å². The first-order chi connectivity index (χ1) is 15.6. The molecule has 0 atom stereocenters. The highest BCUT2D eigenvalue weighted by atomic mass is 35.5. The summed E-state index contributed by atoms with van der Waals surface area (Å²) in [5.41, 5.74) is 0.960. The third-order valence-electron chi connectivity index (χ3n) is 5.19. The number of aromatic nitrogens is 3. The molecule has 1 N–H and O–H groups in total. The molecule has 10 heteroatoms. The molecule has 1 fully saturated rings. The van der Waals surface area contributed by atoms with Crippen molar-refractivity contribution in [2.24, 2.45) is 4.99 Å². The van der Waals surface area contributed by atoms with E-state index in [0.29, 0.717) is 37.0 Å². The fourth-order valence-electron chi connectivity index (χ4n) is 3.72. The van der Waals surface area contributed by atoms with E-state index in [4.69, 9.17) is 21.3 Å². The maximum absolute atomic E-state index is 14.4. The van der Waals surface area contributed by atoms with Gasteiger partial charge in [0.05, 0.1) is 17.5 Å². The highest BCUT2D eigenvalue weighted by Crippen LogP contribution is 2.32. The van der Waals surface area contributed by atoms with E-state index in [1.54, 1.807) is 0 Å². The van der Waals surface area contributed by atoms with Crippen LogP contribution in [0.3, 0.4) is 0 Å². The quantitative estimate of drug-likeness (QED) is 0.513. The summed E-state index contributed by atoms with van der Waals surface area (Å²) in [7, 11) is 0. The van der Waals surface area contributed by atoms with E-state index in [2.05, 4.69) is 15.4 Å². The minimum Gasteiger partial charge on any atom is -0.444 e. The van der Waals surface area contributed by atoms with Gasteiger partial charge in [0.1, 0.15) is 22.9 Å². The number of hydrogen-bond donors (Lipinski definition) is 1. The van der Waals surface area contributed by atoms with Crippen LogP contribution in [0.4, 0.5) is 19.3 Å². The van der Waals surface area contributed by atoms with Crippen LogP contribution in [-0.4, -0.2) is 38.0 Å². The van der Waals surface area contributed by atoms with Crippen molar-refractivity contribution in [1.29, 1.82) is 0 Å². The molecule has 1 aromatic carbocycles. The number of nitrogens with one attached hydrogen (secondary N) is 1. The summed E-state index contributed by atoms with van der Waals surface area (Å²) >= 11 is 6.19. The van der Waals surface area contributed by atoms with Crippen molar-refractivity contribution in [3.05, 3.63) is 47.2 Å². The number of imidazole rings is 1. The number of nitrogens with zero attached hydrogens (tertiary/aromatic N) is 4. The second kappa shape index (κ2) is 9.05. The molecule has 1 aliphatic rings. The molecule has 33 heavy (non-hydrogen) atoms. The number of fused-ring (bicyclic) bond motifs is 1. The topological polar surface area (TPSA) is 80.9 Å². The molecule has 0 bridgehead atoms. The SMILES string of the molecule is CC(C)(C)OC(=O)NC1CCC(=Nc2cc(-c3c(F)cccc3F)nn3c(Cl)cnc23)CC1. The van der Waals surface area contributed by atoms with Crippen LogP contribution in [0.5, 0.6) is 0 Å². The van der Waals surface area contributed by atoms with Crippen molar-refractivity contribution in [2.45, 2.75) is 58.1 Å². The number of halogens is 3. The number of aliphatic imine (C=N–C) groups is 1. The van der Waals surface area contributed by atoms with Gasteiger partial charge in [-0.25, -0.2) is 18.6 Å². The van der Waals surface area contributed by atoms with Gasteiger partial charge in [0, 0.05) is 11.8 Å². The van der Waals surface area contributed by atoms with Gasteiger partial charge in [0.2, 0.25) is 0 Å². The fourth-order valence-corrected chi connectivity index (χ4v) is 3.89. The molecule has 3 aromatic rings. The number of rotatable bonds is 3. The maximum atomic E-state index is 14.4. The molecular formula is C23H24ClF2N5O2. The zero-order chi connectivity index (χ0) is 23.8. The monoisotopic (exact) mass is 475 g/mol. The van der Waals surface area contributed by atoms with Crippen LogP contribution in [0.1, 0.15) is 46.5 Å². The minimum absolute atomic E-state index is 0.0137. The predicted octanol–water partition coefficient (Wildman–Crippen LogP) is 5.87. The third-order valence-corrected chi connectivity index (χ3v) is 5.45. The highest BCUT2D eigenvalue weighted by molar-refractivity contribution is 6.29. The Bertz CT molecular complexity index is 1210. The van der Waals surface area contributed by atoms with E-state index in [-0.39, 0.29) is 22.5 Å². The second-order valence-electron chi connectivity index (χ2n) is 8.93. The van der Waals surface area contributed by atoms with E-state index < -0.39 is 23.3 Å². The normalized spacial score (nSPS) is 16.7. The molecule has 7 nitrogen and oxygen atoms in total. The Labute approximate surface area is 194 Å². The largest absolute Gasteiger partial charge is 0.444 e. The highest BCUT2D eigenvalue weighted by Gasteiger charge is 2.24. The van der Waals surface area contributed by atoms with Crippen molar-refractivity contribution in [3.8, 4) is 11.3 Å². The molecule has 174 valence electrons. The summed E-state index contributed by atoms with van der Waals surface area (Å²) in [4.78, 5) is 21.0. The van der Waals surface area contributed by atoms with E-state index in [1.165, 1.54) is 35.0 Å². The summed E-state index contributed by atoms with van der Waals surface area (Å²) in [6, 6.07) is 5.13. The first kappa shape index (κ1) is 23.1. The number of alkyl carbamates (subject to hydrolysis) is 1. The minimum atomic E-state index is -0.731. The number of benzene rings is 1. The number of amides is 1. The lowest BCUT2D eigenvalue weighted by Gasteiger charge is -2.26. The van der Waals surface area contributed by atoms with Crippen molar-refractivity contribution in [2.75, 3.05) is 0 Å². The van der Waals surface area contributed by atoms with Gasteiger partial charge in [-0.2, -0.15) is 9.61 Å². The van der Waals surface area contributed by atoms with Crippen LogP contribution in [0, 0.1) is 11.6 Å². The molecule has 0 aliphatic heterocycles.